The highest BCUT2D eigenvalue weighted by Crippen LogP contribution is 2.20. The Morgan fingerprint density at radius 2 is 2.38 bits per heavy atom. The SMILES string of the molecule is Cc1nc2n(n1)CCC(C(C)N)C2. The highest BCUT2D eigenvalue weighted by Gasteiger charge is 2.23. The lowest BCUT2D eigenvalue weighted by molar-refractivity contribution is 0.323. The van der Waals surface area contributed by atoms with Crippen LogP contribution in [0.2, 0.25) is 0 Å². The van der Waals surface area contributed by atoms with Crippen LogP contribution in [0.1, 0.15) is 25.0 Å². The zero-order chi connectivity index (χ0) is 9.42. The Morgan fingerprint density at radius 3 is 3.08 bits per heavy atom. The van der Waals surface area contributed by atoms with Gasteiger partial charge < -0.3 is 5.73 Å². The van der Waals surface area contributed by atoms with Gasteiger partial charge in [0.15, 0.2) is 0 Å². The van der Waals surface area contributed by atoms with Crippen LogP contribution < -0.4 is 5.73 Å². The molecule has 2 unspecified atom stereocenters. The van der Waals surface area contributed by atoms with Crippen molar-refractivity contribution in [2.75, 3.05) is 0 Å². The van der Waals surface area contributed by atoms with Gasteiger partial charge >= 0.3 is 0 Å². The molecule has 1 aromatic rings. The van der Waals surface area contributed by atoms with Crippen molar-refractivity contribution in [1.82, 2.24) is 14.8 Å². The van der Waals surface area contributed by atoms with E-state index in [0.29, 0.717) is 5.92 Å². The maximum absolute atomic E-state index is 5.87. The van der Waals surface area contributed by atoms with Gasteiger partial charge in [0.1, 0.15) is 11.6 Å². The number of aromatic nitrogens is 3. The predicted octanol–water partition coefficient (Wildman–Crippen LogP) is 0.496. The molecule has 0 spiro atoms. The molecule has 1 aromatic heterocycles. The monoisotopic (exact) mass is 180 g/mol. The van der Waals surface area contributed by atoms with E-state index in [9.17, 15) is 0 Å². The Balaban J connectivity index is 2.19. The van der Waals surface area contributed by atoms with Gasteiger partial charge in [-0.25, -0.2) is 9.67 Å². The molecular weight excluding hydrogens is 164 g/mol. The Kier molecular flexibility index (Phi) is 2.07. The fourth-order valence-electron chi connectivity index (χ4n) is 1.90. The zero-order valence-corrected chi connectivity index (χ0v) is 8.20. The van der Waals surface area contributed by atoms with E-state index in [1.807, 2.05) is 11.6 Å². The minimum Gasteiger partial charge on any atom is -0.328 e. The highest BCUT2D eigenvalue weighted by atomic mass is 15.3. The summed E-state index contributed by atoms with van der Waals surface area (Å²) in [5.74, 6) is 2.56. The van der Waals surface area contributed by atoms with Crippen molar-refractivity contribution >= 4 is 0 Å². The maximum Gasteiger partial charge on any atom is 0.147 e. The Hall–Kier alpha value is -0.900. The molecule has 13 heavy (non-hydrogen) atoms. The third-order valence-corrected chi connectivity index (χ3v) is 2.75. The van der Waals surface area contributed by atoms with Crippen molar-refractivity contribution in [2.45, 2.75) is 39.3 Å². The first-order valence-corrected chi connectivity index (χ1v) is 4.82. The second kappa shape index (κ2) is 3.10. The fraction of sp³-hybridized carbons (Fsp3) is 0.778. The molecule has 1 aliphatic heterocycles. The molecule has 0 bridgehead atoms. The predicted molar refractivity (Wildman–Crippen MR) is 50.2 cm³/mol. The van der Waals surface area contributed by atoms with Crippen LogP contribution in [-0.4, -0.2) is 20.8 Å². The fourth-order valence-corrected chi connectivity index (χ4v) is 1.90. The van der Waals surface area contributed by atoms with E-state index in [0.717, 1.165) is 31.0 Å². The number of nitrogens with two attached hydrogens (primary N) is 1. The molecule has 0 saturated heterocycles. The van der Waals surface area contributed by atoms with Gasteiger partial charge in [-0.3, -0.25) is 0 Å². The van der Waals surface area contributed by atoms with Crippen molar-refractivity contribution in [3.8, 4) is 0 Å². The van der Waals surface area contributed by atoms with E-state index in [-0.39, 0.29) is 6.04 Å². The van der Waals surface area contributed by atoms with Gasteiger partial charge in [0.25, 0.3) is 0 Å². The molecule has 0 radical (unpaired) electrons. The maximum atomic E-state index is 5.87. The Bertz CT molecular complexity index is 303. The number of hydrogen-bond donors (Lipinski definition) is 1. The summed E-state index contributed by atoms with van der Waals surface area (Å²) in [6, 6.07) is 0.269. The van der Waals surface area contributed by atoms with Crippen molar-refractivity contribution in [3.05, 3.63) is 11.6 Å². The summed E-state index contributed by atoms with van der Waals surface area (Å²) in [6.07, 6.45) is 2.12. The summed E-state index contributed by atoms with van der Waals surface area (Å²) in [6.45, 7) is 4.98. The van der Waals surface area contributed by atoms with Crippen molar-refractivity contribution in [1.29, 1.82) is 0 Å². The average Bonchev–Trinajstić information content (AvgIpc) is 2.42. The van der Waals surface area contributed by atoms with Gasteiger partial charge in [-0.05, 0) is 26.2 Å². The molecule has 2 atom stereocenters. The van der Waals surface area contributed by atoms with Gasteiger partial charge in [0, 0.05) is 19.0 Å². The number of rotatable bonds is 1. The topological polar surface area (TPSA) is 56.7 Å². The molecule has 4 nitrogen and oxygen atoms in total. The minimum absolute atomic E-state index is 0.269. The second-order valence-corrected chi connectivity index (χ2v) is 3.91. The average molecular weight is 180 g/mol. The largest absolute Gasteiger partial charge is 0.328 e. The third-order valence-electron chi connectivity index (χ3n) is 2.75. The summed E-state index contributed by atoms with van der Waals surface area (Å²) in [5.41, 5.74) is 5.87. The van der Waals surface area contributed by atoms with E-state index in [1.54, 1.807) is 0 Å². The standard InChI is InChI=1S/C9H16N4/c1-6(10)8-3-4-13-9(5-8)11-7(2)12-13/h6,8H,3-5,10H2,1-2H3. The van der Waals surface area contributed by atoms with Gasteiger partial charge in [-0.1, -0.05) is 0 Å². The van der Waals surface area contributed by atoms with Crippen LogP contribution in [0, 0.1) is 12.8 Å². The van der Waals surface area contributed by atoms with Crippen LogP contribution in [0.15, 0.2) is 0 Å². The number of fused-ring (bicyclic) bond motifs is 1. The van der Waals surface area contributed by atoms with E-state index < -0.39 is 0 Å². The second-order valence-electron chi connectivity index (χ2n) is 3.91. The van der Waals surface area contributed by atoms with Crippen LogP contribution >= 0.6 is 0 Å². The van der Waals surface area contributed by atoms with E-state index in [1.165, 1.54) is 0 Å². The molecule has 0 amide bonds. The van der Waals surface area contributed by atoms with Crippen molar-refractivity contribution < 1.29 is 0 Å². The van der Waals surface area contributed by atoms with Crippen LogP contribution in [0.4, 0.5) is 0 Å². The smallest absolute Gasteiger partial charge is 0.147 e. The summed E-state index contributed by atoms with van der Waals surface area (Å²) >= 11 is 0. The lowest BCUT2D eigenvalue weighted by atomic mass is 9.92. The molecule has 0 saturated carbocycles. The molecule has 2 rings (SSSR count). The molecule has 0 fully saturated rings. The van der Waals surface area contributed by atoms with E-state index in [4.69, 9.17) is 5.73 Å². The highest BCUT2D eigenvalue weighted by molar-refractivity contribution is 4.97. The van der Waals surface area contributed by atoms with E-state index >= 15 is 0 Å². The first kappa shape index (κ1) is 8.69. The first-order chi connectivity index (χ1) is 6.16. The van der Waals surface area contributed by atoms with Crippen LogP contribution in [0.25, 0.3) is 0 Å². The van der Waals surface area contributed by atoms with Crippen LogP contribution in [0.3, 0.4) is 0 Å². The van der Waals surface area contributed by atoms with Crippen LogP contribution in [0.5, 0.6) is 0 Å². The lowest BCUT2D eigenvalue weighted by Gasteiger charge is -2.24. The van der Waals surface area contributed by atoms with Crippen molar-refractivity contribution in [2.24, 2.45) is 11.7 Å². The summed E-state index contributed by atoms with van der Waals surface area (Å²) in [7, 11) is 0. The summed E-state index contributed by atoms with van der Waals surface area (Å²) in [5, 5.41) is 4.31. The number of aryl methyl sites for hydroxylation is 2. The molecular formula is C9H16N4. The van der Waals surface area contributed by atoms with E-state index in [2.05, 4.69) is 17.0 Å². The summed E-state index contributed by atoms with van der Waals surface area (Å²) in [4.78, 5) is 4.38. The van der Waals surface area contributed by atoms with Gasteiger partial charge in [-0.2, -0.15) is 5.10 Å². The first-order valence-electron chi connectivity index (χ1n) is 4.82. The number of nitrogens with zero attached hydrogens (tertiary/aromatic N) is 3. The minimum atomic E-state index is 0.269. The van der Waals surface area contributed by atoms with Crippen molar-refractivity contribution in [3.63, 3.8) is 0 Å². The molecule has 4 heteroatoms. The zero-order valence-electron chi connectivity index (χ0n) is 8.20. The molecule has 2 N–H and O–H groups in total. The quantitative estimate of drug-likeness (QED) is 0.684. The molecule has 72 valence electrons. The Labute approximate surface area is 78.1 Å². The van der Waals surface area contributed by atoms with Crippen LogP contribution in [-0.2, 0) is 13.0 Å². The van der Waals surface area contributed by atoms with Gasteiger partial charge in [0.2, 0.25) is 0 Å². The lowest BCUT2D eigenvalue weighted by Crippen LogP contribution is -2.33. The molecule has 0 aromatic carbocycles. The Morgan fingerprint density at radius 1 is 1.62 bits per heavy atom. The molecule has 1 aliphatic rings. The normalized spacial score (nSPS) is 24.1. The van der Waals surface area contributed by atoms with Gasteiger partial charge in [0.05, 0.1) is 0 Å². The molecule has 0 aliphatic carbocycles. The van der Waals surface area contributed by atoms with Gasteiger partial charge in [-0.15, -0.1) is 0 Å². The summed E-state index contributed by atoms with van der Waals surface area (Å²) < 4.78 is 2.01. The third kappa shape index (κ3) is 1.58. The molecule has 2 heterocycles. The number of hydrogen-bond acceptors (Lipinski definition) is 3.